The van der Waals surface area contributed by atoms with Crippen molar-refractivity contribution in [1.82, 2.24) is 5.32 Å². The summed E-state index contributed by atoms with van der Waals surface area (Å²) in [6.07, 6.45) is 1.00. The van der Waals surface area contributed by atoms with Crippen LogP contribution in [-0.2, 0) is 13.0 Å². The summed E-state index contributed by atoms with van der Waals surface area (Å²) in [6.45, 7) is 2.62. The predicted octanol–water partition coefficient (Wildman–Crippen LogP) is 4.55. The summed E-state index contributed by atoms with van der Waals surface area (Å²) in [5.74, 6) is -0.322. The molecule has 3 rings (SSSR count). The minimum Gasteiger partial charge on any atom is -0.347 e. The number of carbonyl (C=O) groups is 2. The highest BCUT2D eigenvalue weighted by Crippen LogP contribution is 2.18. The van der Waals surface area contributed by atoms with Gasteiger partial charge in [-0.3, -0.25) is 9.59 Å². The minimum absolute atomic E-state index is 0.154. The van der Waals surface area contributed by atoms with Crippen LogP contribution in [0.2, 0.25) is 0 Å². The summed E-state index contributed by atoms with van der Waals surface area (Å²) in [5.41, 5.74) is 1.13. The Morgan fingerprint density at radius 1 is 1.00 bits per heavy atom. The molecule has 4 nitrogen and oxygen atoms in total. The molecule has 25 heavy (non-hydrogen) atoms. The smallest absolute Gasteiger partial charge is 0.265 e. The van der Waals surface area contributed by atoms with Crippen molar-refractivity contribution in [1.29, 1.82) is 0 Å². The fourth-order valence-electron chi connectivity index (χ4n) is 2.32. The average molecular weight is 370 g/mol. The molecule has 0 fully saturated rings. The first-order valence-electron chi connectivity index (χ1n) is 7.96. The molecule has 2 N–H and O–H groups in total. The number of anilines is 1. The molecule has 3 aromatic rings. The number of hydrogen-bond acceptors (Lipinski definition) is 4. The quantitative estimate of drug-likeness (QED) is 0.668. The van der Waals surface area contributed by atoms with E-state index < -0.39 is 0 Å². The third kappa shape index (κ3) is 4.55. The fraction of sp³-hybridized carbons (Fsp3) is 0.158. The van der Waals surface area contributed by atoms with Crippen molar-refractivity contribution in [2.45, 2.75) is 19.9 Å². The largest absolute Gasteiger partial charge is 0.347 e. The first kappa shape index (κ1) is 17.4. The predicted molar refractivity (Wildman–Crippen MR) is 104 cm³/mol. The van der Waals surface area contributed by atoms with Gasteiger partial charge in [-0.15, -0.1) is 22.7 Å². The molecular weight excluding hydrogens is 352 g/mol. The second-order valence-corrected chi connectivity index (χ2v) is 7.62. The summed E-state index contributed by atoms with van der Waals surface area (Å²) < 4.78 is 0. The van der Waals surface area contributed by atoms with Crippen molar-refractivity contribution in [3.05, 3.63) is 74.1 Å². The van der Waals surface area contributed by atoms with Crippen LogP contribution >= 0.6 is 22.7 Å². The number of rotatable bonds is 6. The molecule has 0 saturated heterocycles. The van der Waals surface area contributed by atoms with E-state index in [2.05, 4.69) is 23.6 Å². The van der Waals surface area contributed by atoms with Gasteiger partial charge in [-0.2, -0.15) is 0 Å². The van der Waals surface area contributed by atoms with E-state index in [0.717, 1.165) is 11.3 Å². The number of thiophene rings is 2. The van der Waals surface area contributed by atoms with Gasteiger partial charge in [-0.1, -0.05) is 19.1 Å². The maximum Gasteiger partial charge on any atom is 0.265 e. The van der Waals surface area contributed by atoms with Crippen molar-refractivity contribution >= 4 is 40.2 Å². The zero-order chi connectivity index (χ0) is 17.6. The number of benzene rings is 1. The Kier molecular flexibility index (Phi) is 5.63. The molecular formula is C19H18N2O2S2. The highest BCUT2D eigenvalue weighted by Gasteiger charge is 2.10. The molecule has 6 heteroatoms. The van der Waals surface area contributed by atoms with Crippen LogP contribution in [0.5, 0.6) is 0 Å². The lowest BCUT2D eigenvalue weighted by molar-refractivity contribution is 0.0950. The third-order valence-electron chi connectivity index (χ3n) is 3.62. The van der Waals surface area contributed by atoms with Gasteiger partial charge in [0.2, 0.25) is 0 Å². The number of amides is 2. The SMILES string of the molecule is CCc1ccc(CNC(=O)c2cccc(NC(=O)c3cccs3)c2)s1. The van der Waals surface area contributed by atoms with Crippen LogP contribution in [0.4, 0.5) is 5.69 Å². The molecule has 2 heterocycles. The molecule has 0 radical (unpaired) electrons. The van der Waals surface area contributed by atoms with E-state index in [1.54, 1.807) is 41.7 Å². The van der Waals surface area contributed by atoms with E-state index in [1.807, 2.05) is 17.5 Å². The molecule has 2 aromatic heterocycles. The summed E-state index contributed by atoms with van der Waals surface area (Å²) in [5, 5.41) is 7.59. The second kappa shape index (κ2) is 8.09. The molecule has 128 valence electrons. The van der Waals surface area contributed by atoms with Gasteiger partial charge < -0.3 is 10.6 Å². The van der Waals surface area contributed by atoms with Crippen molar-refractivity contribution in [2.75, 3.05) is 5.32 Å². The van der Waals surface area contributed by atoms with E-state index >= 15 is 0 Å². The molecule has 0 aliphatic rings. The zero-order valence-electron chi connectivity index (χ0n) is 13.7. The normalized spacial score (nSPS) is 10.4. The number of nitrogens with one attached hydrogen (secondary N) is 2. The summed E-state index contributed by atoms with van der Waals surface area (Å²) >= 11 is 3.09. The lowest BCUT2D eigenvalue weighted by Crippen LogP contribution is -2.22. The molecule has 0 saturated carbocycles. The topological polar surface area (TPSA) is 58.2 Å². The standard InChI is InChI=1S/C19H18N2O2S2/c1-2-15-8-9-16(25-15)12-20-18(22)13-5-3-6-14(11-13)21-19(23)17-7-4-10-24-17/h3-11H,2,12H2,1H3,(H,20,22)(H,21,23). The minimum atomic E-state index is -0.168. The van der Waals surface area contributed by atoms with Crippen LogP contribution in [0, 0.1) is 0 Å². The summed E-state index contributed by atoms with van der Waals surface area (Å²) in [7, 11) is 0. The molecule has 0 aliphatic heterocycles. The van der Waals surface area contributed by atoms with Crippen LogP contribution in [0.3, 0.4) is 0 Å². The van der Waals surface area contributed by atoms with Gasteiger partial charge >= 0.3 is 0 Å². The lowest BCUT2D eigenvalue weighted by Gasteiger charge is -2.07. The Balaban J connectivity index is 1.62. The molecule has 0 spiro atoms. The monoisotopic (exact) mass is 370 g/mol. The van der Waals surface area contributed by atoms with Crippen molar-refractivity contribution < 1.29 is 9.59 Å². The number of aryl methyl sites for hydroxylation is 1. The van der Waals surface area contributed by atoms with Gasteiger partial charge in [-0.05, 0) is 48.2 Å². The van der Waals surface area contributed by atoms with Crippen LogP contribution in [0.1, 0.15) is 36.7 Å². The molecule has 0 unspecified atom stereocenters. The fourth-order valence-corrected chi connectivity index (χ4v) is 3.83. The number of carbonyl (C=O) groups excluding carboxylic acids is 2. The van der Waals surface area contributed by atoms with Crippen molar-refractivity contribution in [3.63, 3.8) is 0 Å². The molecule has 1 aromatic carbocycles. The van der Waals surface area contributed by atoms with E-state index in [-0.39, 0.29) is 11.8 Å². The van der Waals surface area contributed by atoms with Gasteiger partial charge in [0.25, 0.3) is 11.8 Å². The van der Waals surface area contributed by atoms with E-state index in [9.17, 15) is 9.59 Å². The first-order chi connectivity index (χ1) is 12.2. The molecule has 0 atom stereocenters. The Morgan fingerprint density at radius 2 is 1.84 bits per heavy atom. The maximum absolute atomic E-state index is 12.3. The van der Waals surface area contributed by atoms with Crippen LogP contribution < -0.4 is 10.6 Å². The molecule has 2 amide bonds. The summed E-state index contributed by atoms with van der Waals surface area (Å²) in [6, 6.07) is 14.7. The van der Waals surface area contributed by atoms with Gasteiger partial charge in [-0.25, -0.2) is 0 Å². The third-order valence-corrected chi connectivity index (χ3v) is 5.71. The van der Waals surface area contributed by atoms with Gasteiger partial charge in [0.15, 0.2) is 0 Å². The van der Waals surface area contributed by atoms with Gasteiger partial charge in [0, 0.05) is 21.0 Å². The van der Waals surface area contributed by atoms with E-state index in [4.69, 9.17) is 0 Å². The molecule has 0 aliphatic carbocycles. The Bertz CT molecular complexity index is 869. The van der Waals surface area contributed by atoms with Crippen LogP contribution in [0.15, 0.2) is 53.9 Å². The first-order valence-corrected chi connectivity index (χ1v) is 9.66. The van der Waals surface area contributed by atoms with Crippen molar-refractivity contribution in [3.8, 4) is 0 Å². The Hall–Kier alpha value is -2.44. The number of hydrogen-bond donors (Lipinski definition) is 2. The van der Waals surface area contributed by atoms with Crippen molar-refractivity contribution in [2.24, 2.45) is 0 Å². The van der Waals surface area contributed by atoms with Gasteiger partial charge in [0.05, 0.1) is 11.4 Å². The van der Waals surface area contributed by atoms with Crippen LogP contribution in [0.25, 0.3) is 0 Å². The summed E-state index contributed by atoms with van der Waals surface area (Å²) in [4.78, 5) is 27.5. The van der Waals surface area contributed by atoms with E-state index in [0.29, 0.717) is 22.7 Å². The second-order valence-electron chi connectivity index (χ2n) is 5.42. The Morgan fingerprint density at radius 3 is 2.56 bits per heavy atom. The molecule has 0 bridgehead atoms. The zero-order valence-corrected chi connectivity index (χ0v) is 15.4. The average Bonchev–Trinajstić information content (AvgIpc) is 3.31. The lowest BCUT2D eigenvalue weighted by atomic mass is 10.2. The Labute approximate surface area is 154 Å². The highest BCUT2D eigenvalue weighted by molar-refractivity contribution is 7.12. The maximum atomic E-state index is 12.3. The highest BCUT2D eigenvalue weighted by atomic mass is 32.1. The van der Waals surface area contributed by atoms with Crippen LogP contribution in [-0.4, -0.2) is 11.8 Å². The van der Waals surface area contributed by atoms with E-state index in [1.165, 1.54) is 16.2 Å². The van der Waals surface area contributed by atoms with Gasteiger partial charge in [0.1, 0.15) is 0 Å².